The van der Waals surface area contributed by atoms with Crippen LogP contribution in [-0.4, -0.2) is 35.6 Å². The molecular formula is C17H18N4O4S. The van der Waals surface area contributed by atoms with E-state index in [4.69, 9.17) is 5.11 Å². The normalized spacial score (nSPS) is 11.6. The predicted molar refractivity (Wildman–Crippen MR) is 97.9 cm³/mol. The molecule has 0 spiro atoms. The van der Waals surface area contributed by atoms with Crippen LogP contribution in [0.4, 0.5) is 10.6 Å². The number of rotatable bonds is 5. The molecule has 0 unspecified atom stereocenters. The zero-order chi connectivity index (χ0) is 18.9. The van der Waals surface area contributed by atoms with E-state index in [1.165, 1.54) is 10.0 Å². The van der Waals surface area contributed by atoms with Gasteiger partial charge in [0, 0.05) is 6.54 Å². The first-order chi connectivity index (χ1) is 12.3. The molecule has 0 aliphatic rings. The van der Waals surface area contributed by atoms with E-state index in [-0.39, 0.29) is 10.7 Å². The van der Waals surface area contributed by atoms with Gasteiger partial charge in [0.1, 0.15) is 5.82 Å². The van der Waals surface area contributed by atoms with Gasteiger partial charge in [-0.3, -0.25) is 5.32 Å². The Balaban J connectivity index is 2.21. The van der Waals surface area contributed by atoms with Crippen molar-refractivity contribution < 1.29 is 18.3 Å². The molecule has 0 saturated heterocycles. The highest BCUT2D eigenvalue weighted by Crippen LogP contribution is 2.26. The Morgan fingerprint density at radius 2 is 1.88 bits per heavy atom. The molecule has 8 nitrogen and oxygen atoms in total. The molecule has 26 heavy (non-hydrogen) atoms. The van der Waals surface area contributed by atoms with E-state index in [2.05, 4.69) is 15.6 Å². The first-order valence-electron chi connectivity index (χ1n) is 7.81. The van der Waals surface area contributed by atoms with Crippen LogP contribution in [-0.2, 0) is 16.6 Å². The van der Waals surface area contributed by atoms with E-state index in [1.807, 2.05) is 6.92 Å². The lowest BCUT2D eigenvalue weighted by atomic mass is 10.2. The van der Waals surface area contributed by atoms with Gasteiger partial charge in [-0.2, -0.15) is 0 Å². The number of amides is 1. The van der Waals surface area contributed by atoms with Gasteiger partial charge in [0.15, 0.2) is 0 Å². The number of benzene rings is 1. The maximum absolute atomic E-state index is 13.2. The van der Waals surface area contributed by atoms with Crippen LogP contribution >= 0.6 is 0 Å². The molecule has 0 aliphatic heterocycles. The smallest absolute Gasteiger partial charge is 0.410 e. The van der Waals surface area contributed by atoms with Crippen LogP contribution in [0.15, 0.2) is 47.4 Å². The molecule has 0 radical (unpaired) electrons. The van der Waals surface area contributed by atoms with E-state index in [1.54, 1.807) is 43.4 Å². The number of aryl methyl sites for hydroxylation is 1. The molecule has 0 fully saturated rings. The Morgan fingerprint density at radius 3 is 2.50 bits per heavy atom. The summed E-state index contributed by atoms with van der Waals surface area (Å²) in [7, 11) is -2.11. The number of carboxylic acid groups (broad SMARTS) is 1. The molecule has 2 heterocycles. The van der Waals surface area contributed by atoms with Gasteiger partial charge in [-0.1, -0.05) is 17.7 Å². The second-order valence-electron chi connectivity index (χ2n) is 5.78. The fraction of sp³-hybridized carbons (Fsp3) is 0.176. The minimum atomic E-state index is -3.83. The summed E-state index contributed by atoms with van der Waals surface area (Å²) in [5.74, 6) is 0.130. The van der Waals surface area contributed by atoms with Crippen molar-refractivity contribution in [3.8, 4) is 0 Å². The average Bonchev–Trinajstić information content (AvgIpc) is 2.93. The number of hydrogen-bond donors (Lipinski definition) is 3. The molecule has 1 aromatic carbocycles. The molecule has 3 N–H and O–H groups in total. The first kappa shape index (κ1) is 17.9. The van der Waals surface area contributed by atoms with Crippen molar-refractivity contribution in [3.63, 3.8) is 0 Å². The third-order valence-corrected chi connectivity index (χ3v) is 5.62. The van der Waals surface area contributed by atoms with Gasteiger partial charge in [-0.05, 0) is 44.3 Å². The topological polar surface area (TPSA) is 113 Å². The molecular weight excluding hydrogens is 356 g/mol. The Labute approximate surface area is 150 Å². The number of nitrogens with one attached hydrogen (secondary N) is 2. The van der Waals surface area contributed by atoms with Crippen LogP contribution in [0.3, 0.4) is 0 Å². The van der Waals surface area contributed by atoms with Crippen LogP contribution < -0.4 is 10.6 Å². The summed E-state index contributed by atoms with van der Waals surface area (Å²) >= 11 is 0. The number of fused-ring (bicyclic) bond motifs is 1. The van der Waals surface area contributed by atoms with Crippen LogP contribution in [0.5, 0.6) is 0 Å². The quantitative estimate of drug-likeness (QED) is 0.632. The van der Waals surface area contributed by atoms with Crippen LogP contribution in [0.25, 0.3) is 11.0 Å². The van der Waals surface area contributed by atoms with Gasteiger partial charge in [0.05, 0.1) is 21.6 Å². The maximum atomic E-state index is 13.2. The monoisotopic (exact) mass is 374 g/mol. The van der Waals surface area contributed by atoms with E-state index in [0.717, 1.165) is 5.56 Å². The van der Waals surface area contributed by atoms with Crippen molar-refractivity contribution in [2.75, 3.05) is 12.4 Å². The lowest BCUT2D eigenvalue weighted by molar-refractivity contribution is 0.209. The minimum absolute atomic E-state index is 0.130. The second-order valence-corrected chi connectivity index (χ2v) is 7.57. The number of pyridine rings is 1. The highest BCUT2D eigenvalue weighted by atomic mass is 32.2. The molecule has 1 amide bonds. The number of nitrogens with zero attached hydrogens (tertiary/aromatic N) is 2. The highest BCUT2D eigenvalue weighted by Gasteiger charge is 2.23. The van der Waals surface area contributed by atoms with Gasteiger partial charge < -0.3 is 10.4 Å². The predicted octanol–water partition coefficient (Wildman–Crippen LogP) is 2.39. The van der Waals surface area contributed by atoms with E-state index in [9.17, 15) is 13.2 Å². The van der Waals surface area contributed by atoms with E-state index >= 15 is 0 Å². The van der Waals surface area contributed by atoms with Crippen LogP contribution in [0.2, 0.25) is 0 Å². The molecule has 0 aliphatic carbocycles. The Bertz CT molecular complexity index is 1070. The van der Waals surface area contributed by atoms with Crippen molar-refractivity contribution in [1.29, 1.82) is 0 Å². The van der Waals surface area contributed by atoms with Gasteiger partial charge in [0.25, 0.3) is 10.0 Å². The summed E-state index contributed by atoms with van der Waals surface area (Å²) in [4.78, 5) is 15.2. The van der Waals surface area contributed by atoms with Crippen molar-refractivity contribution in [3.05, 3.63) is 53.7 Å². The summed E-state index contributed by atoms with van der Waals surface area (Å²) in [5, 5.41) is 13.9. The third kappa shape index (κ3) is 3.26. The molecule has 0 saturated carbocycles. The molecule has 2 aromatic heterocycles. The molecule has 3 rings (SSSR count). The fourth-order valence-electron chi connectivity index (χ4n) is 2.70. The summed E-state index contributed by atoms with van der Waals surface area (Å²) in [5.41, 5.74) is 2.23. The average molecular weight is 374 g/mol. The largest absolute Gasteiger partial charge is 0.465 e. The zero-order valence-electron chi connectivity index (χ0n) is 14.2. The lowest BCUT2D eigenvalue weighted by Crippen LogP contribution is -2.19. The molecule has 3 aromatic rings. The summed E-state index contributed by atoms with van der Waals surface area (Å²) in [6.07, 6.45) is -1.24. The highest BCUT2D eigenvalue weighted by molar-refractivity contribution is 7.90. The second kappa shape index (κ2) is 6.77. The fourth-order valence-corrected chi connectivity index (χ4v) is 4.23. The van der Waals surface area contributed by atoms with Crippen LogP contribution in [0, 0.1) is 6.92 Å². The van der Waals surface area contributed by atoms with E-state index in [0.29, 0.717) is 23.3 Å². The molecule has 0 atom stereocenters. The number of carbonyl (C=O) groups is 1. The van der Waals surface area contributed by atoms with Crippen LogP contribution in [0.1, 0.15) is 11.3 Å². The standard InChI is InChI=1S/C17H18N4O4S/c1-11-3-5-13(6-4-11)26(24,25)21-12(10-18-2)9-14-15(21)7-8-16(19-14)20-17(22)23/h3-9,18H,10H2,1-2H3,(H,19,20)(H,22,23). The van der Waals surface area contributed by atoms with Crippen molar-refractivity contribution >= 4 is 33.0 Å². The van der Waals surface area contributed by atoms with Gasteiger partial charge in [-0.15, -0.1) is 0 Å². The molecule has 9 heteroatoms. The van der Waals surface area contributed by atoms with E-state index < -0.39 is 16.1 Å². The Morgan fingerprint density at radius 1 is 1.19 bits per heavy atom. The number of hydrogen-bond acceptors (Lipinski definition) is 5. The third-order valence-electron chi connectivity index (χ3n) is 3.84. The summed E-state index contributed by atoms with van der Waals surface area (Å²) in [6.45, 7) is 2.19. The summed E-state index contributed by atoms with van der Waals surface area (Å²) in [6, 6.07) is 11.2. The van der Waals surface area contributed by atoms with Crippen molar-refractivity contribution in [2.24, 2.45) is 0 Å². The Kier molecular flexibility index (Phi) is 4.66. The zero-order valence-corrected chi connectivity index (χ0v) is 15.0. The van der Waals surface area contributed by atoms with Gasteiger partial charge >= 0.3 is 6.09 Å². The summed E-state index contributed by atoms with van der Waals surface area (Å²) < 4.78 is 27.6. The Hall–Kier alpha value is -2.91. The molecule has 136 valence electrons. The first-order valence-corrected chi connectivity index (χ1v) is 9.25. The minimum Gasteiger partial charge on any atom is -0.465 e. The SMILES string of the molecule is CNCc1cc2nc(NC(=O)O)ccc2n1S(=O)(=O)c1ccc(C)cc1. The van der Waals surface area contributed by atoms with Crippen molar-refractivity contribution in [2.45, 2.75) is 18.4 Å². The van der Waals surface area contributed by atoms with Gasteiger partial charge in [-0.25, -0.2) is 22.2 Å². The molecule has 0 bridgehead atoms. The van der Waals surface area contributed by atoms with Crippen molar-refractivity contribution in [1.82, 2.24) is 14.3 Å². The number of aromatic nitrogens is 2. The number of anilines is 1. The van der Waals surface area contributed by atoms with Gasteiger partial charge in [0.2, 0.25) is 0 Å². The maximum Gasteiger partial charge on any atom is 0.410 e. The lowest BCUT2D eigenvalue weighted by Gasteiger charge is -2.12.